The van der Waals surface area contributed by atoms with Crippen LogP contribution in [0.15, 0.2) is 36.4 Å². The second kappa shape index (κ2) is 9.54. The lowest BCUT2D eigenvalue weighted by Crippen LogP contribution is -2.31. The second-order valence-corrected chi connectivity index (χ2v) is 7.24. The Hall–Kier alpha value is -3.46. The molecular formula is C20H12F12N2O2. The Morgan fingerprint density at radius 2 is 0.972 bits per heavy atom. The molecule has 0 aliphatic heterocycles. The first-order valence-electron chi connectivity index (χ1n) is 9.24. The molecule has 0 atom stereocenters. The minimum atomic E-state index is -5.24. The molecule has 0 spiro atoms. The lowest BCUT2D eigenvalue weighted by atomic mass is 10.1. The second-order valence-electron chi connectivity index (χ2n) is 7.24. The molecule has 2 aromatic carbocycles. The van der Waals surface area contributed by atoms with E-state index in [1.807, 2.05) is 0 Å². The van der Waals surface area contributed by atoms with Gasteiger partial charge in [0.2, 0.25) is 11.8 Å². The fourth-order valence-electron chi connectivity index (χ4n) is 2.76. The molecule has 0 unspecified atom stereocenters. The summed E-state index contributed by atoms with van der Waals surface area (Å²) in [5, 5.41) is 1.63. The van der Waals surface area contributed by atoms with Crippen molar-refractivity contribution in [3.05, 3.63) is 58.7 Å². The topological polar surface area (TPSA) is 49.4 Å². The van der Waals surface area contributed by atoms with E-state index >= 15 is 0 Å². The summed E-state index contributed by atoms with van der Waals surface area (Å²) in [5.74, 6) is -2.90. The van der Waals surface area contributed by atoms with E-state index in [9.17, 15) is 62.3 Å². The molecule has 2 rings (SSSR count). The molecule has 0 aliphatic carbocycles. The molecule has 2 aromatic rings. The van der Waals surface area contributed by atoms with Gasteiger partial charge in [0, 0.05) is 18.4 Å². The van der Waals surface area contributed by atoms with Crippen LogP contribution in [0.25, 0.3) is 0 Å². The van der Waals surface area contributed by atoms with Crippen molar-refractivity contribution in [2.75, 3.05) is 17.3 Å². The predicted octanol–water partition coefficient (Wildman–Crippen LogP) is 6.75. The molecule has 0 radical (unpaired) electrons. The normalized spacial score (nSPS) is 12.9. The van der Waals surface area contributed by atoms with Crippen molar-refractivity contribution in [2.45, 2.75) is 31.1 Å². The van der Waals surface area contributed by atoms with Crippen molar-refractivity contribution in [1.82, 2.24) is 0 Å². The highest BCUT2D eigenvalue weighted by atomic mass is 19.4. The molecule has 4 nitrogen and oxygen atoms in total. The Kier molecular flexibility index (Phi) is 7.62. The number of amides is 2. The van der Waals surface area contributed by atoms with Crippen LogP contribution in [-0.2, 0) is 34.3 Å². The van der Waals surface area contributed by atoms with Gasteiger partial charge in [0.15, 0.2) is 0 Å². The van der Waals surface area contributed by atoms with Crippen LogP contribution in [0.2, 0.25) is 0 Å². The first-order chi connectivity index (χ1) is 16.1. The molecule has 0 saturated heterocycles. The van der Waals surface area contributed by atoms with E-state index in [0.29, 0.717) is 0 Å². The minimum Gasteiger partial charge on any atom is -0.326 e. The van der Waals surface area contributed by atoms with Crippen LogP contribution in [0.1, 0.15) is 28.7 Å². The monoisotopic (exact) mass is 540 g/mol. The smallest absolute Gasteiger partial charge is 0.326 e. The molecule has 0 saturated carbocycles. The summed E-state index contributed by atoms with van der Waals surface area (Å²) in [5.41, 5.74) is -9.01. The van der Waals surface area contributed by atoms with Gasteiger partial charge >= 0.3 is 24.7 Å². The molecule has 0 bridgehead atoms. The summed E-state index contributed by atoms with van der Waals surface area (Å²) in [6, 6.07) is 0.231. The molecule has 1 N–H and O–H groups in total. The van der Waals surface area contributed by atoms with Gasteiger partial charge in [-0.1, -0.05) is 0 Å². The maximum absolute atomic E-state index is 13.0. The van der Waals surface area contributed by atoms with Gasteiger partial charge in [-0.25, -0.2) is 0 Å². The number of hydrogen-bond acceptors (Lipinski definition) is 2. The Morgan fingerprint density at radius 1 is 0.639 bits per heavy atom. The van der Waals surface area contributed by atoms with Crippen LogP contribution in [0.5, 0.6) is 0 Å². The number of nitrogens with one attached hydrogen (secondary N) is 1. The zero-order valence-electron chi connectivity index (χ0n) is 17.5. The maximum atomic E-state index is 13.0. The van der Waals surface area contributed by atoms with Crippen LogP contribution in [0.4, 0.5) is 64.1 Å². The fraction of sp³-hybridized carbons (Fsp3) is 0.300. The molecule has 0 aromatic heterocycles. The number of nitrogens with zero attached hydrogens (tertiary/aromatic N) is 1. The zero-order chi connectivity index (χ0) is 27.9. The van der Waals surface area contributed by atoms with Gasteiger partial charge in [-0.05, 0) is 36.4 Å². The van der Waals surface area contributed by atoms with E-state index in [-0.39, 0.29) is 41.3 Å². The van der Waals surface area contributed by atoms with E-state index < -0.39 is 76.6 Å². The van der Waals surface area contributed by atoms with Crippen molar-refractivity contribution in [1.29, 1.82) is 0 Å². The van der Waals surface area contributed by atoms with Gasteiger partial charge in [-0.2, -0.15) is 52.7 Å². The third kappa shape index (κ3) is 7.27. The van der Waals surface area contributed by atoms with Crippen molar-refractivity contribution in [3.8, 4) is 0 Å². The number of halogens is 12. The van der Waals surface area contributed by atoms with E-state index in [4.69, 9.17) is 0 Å². The van der Waals surface area contributed by atoms with Crippen molar-refractivity contribution in [2.24, 2.45) is 0 Å². The quantitative estimate of drug-likeness (QED) is 0.345. The number of anilines is 2. The van der Waals surface area contributed by atoms with Crippen molar-refractivity contribution >= 4 is 23.2 Å². The molecule has 16 heteroatoms. The van der Waals surface area contributed by atoms with Crippen molar-refractivity contribution in [3.63, 3.8) is 0 Å². The number of alkyl halides is 12. The SMILES string of the molecule is CN(C(=O)CC(=O)Nc1cc(C(F)(F)F)cc(C(F)(F)F)c1)c1cc(C(F)(F)F)cc(C(F)(F)F)c1. The van der Waals surface area contributed by atoms with Gasteiger partial charge in [-0.3, -0.25) is 9.59 Å². The molecule has 36 heavy (non-hydrogen) atoms. The average molecular weight is 540 g/mol. The third-order valence-electron chi connectivity index (χ3n) is 4.52. The van der Waals surface area contributed by atoms with Crippen LogP contribution < -0.4 is 10.2 Å². The van der Waals surface area contributed by atoms with Gasteiger partial charge in [0.05, 0.1) is 22.3 Å². The molecule has 198 valence electrons. The van der Waals surface area contributed by atoms with Crippen LogP contribution in [0, 0.1) is 0 Å². The van der Waals surface area contributed by atoms with Crippen LogP contribution in [-0.4, -0.2) is 18.9 Å². The highest BCUT2D eigenvalue weighted by Crippen LogP contribution is 2.39. The van der Waals surface area contributed by atoms with E-state index in [1.54, 1.807) is 5.32 Å². The summed E-state index contributed by atoms with van der Waals surface area (Å²) in [6.45, 7) is 0. The number of carbonyl (C=O) groups is 2. The van der Waals surface area contributed by atoms with Crippen molar-refractivity contribution < 1.29 is 62.3 Å². The average Bonchev–Trinajstić information content (AvgIpc) is 2.69. The lowest BCUT2D eigenvalue weighted by Gasteiger charge is -2.21. The highest BCUT2D eigenvalue weighted by molar-refractivity contribution is 6.09. The van der Waals surface area contributed by atoms with E-state index in [2.05, 4.69) is 0 Å². The number of benzene rings is 2. The van der Waals surface area contributed by atoms with Crippen LogP contribution >= 0.6 is 0 Å². The van der Waals surface area contributed by atoms with Crippen LogP contribution in [0.3, 0.4) is 0 Å². The number of rotatable bonds is 4. The maximum Gasteiger partial charge on any atom is 0.416 e. The van der Waals surface area contributed by atoms with Gasteiger partial charge in [-0.15, -0.1) is 0 Å². The van der Waals surface area contributed by atoms with Gasteiger partial charge in [0.25, 0.3) is 0 Å². The summed E-state index contributed by atoms with van der Waals surface area (Å²) in [7, 11) is 0.720. The minimum absolute atomic E-state index is 0.143. The molecule has 0 aliphatic rings. The molecule has 2 amide bonds. The molecule has 0 heterocycles. The number of hydrogen-bond donors (Lipinski definition) is 1. The Bertz CT molecular complexity index is 1080. The Balaban J connectivity index is 2.31. The largest absolute Gasteiger partial charge is 0.416 e. The Labute approximate surface area is 193 Å². The summed E-state index contributed by atoms with van der Waals surface area (Å²) in [6.07, 6.45) is -22.3. The first-order valence-corrected chi connectivity index (χ1v) is 9.24. The fourth-order valence-corrected chi connectivity index (χ4v) is 2.76. The molecule has 0 fully saturated rings. The highest BCUT2D eigenvalue weighted by Gasteiger charge is 2.39. The van der Waals surface area contributed by atoms with Gasteiger partial charge < -0.3 is 10.2 Å². The third-order valence-corrected chi connectivity index (χ3v) is 4.52. The lowest BCUT2D eigenvalue weighted by molar-refractivity contribution is -0.144. The van der Waals surface area contributed by atoms with E-state index in [1.165, 1.54) is 0 Å². The van der Waals surface area contributed by atoms with Gasteiger partial charge in [0.1, 0.15) is 6.42 Å². The summed E-state index contributed by atoms with van der Waals surface area (Å²) >= 11 is 0. The number of carbonyl (C=O) groups excluding carboxylic acids is 2. The standard InChI is InChI=1S/C20H12F12N2O2/c1-34(14-6-11(19(27,28)29)3-12(7-14)20(30,31)32)16(36)8-15(35)33-13-4-9(17(21,22)23)2-10(5-13)18(24,25)26/h2-7H,8H2,1H3,(H,33,35). The first kappa shape index (κ1) is 28.8. The predicted molar refractivity (Wildman–Crippen MR) is 99.5 cm³/mol. The Morgan fingerprint density at radius 3 is 1.31 bits per heavy atom. The van der Waals surface area contributed by atoms with E-state index in [0.717, 1.165) is 7.05 Å². The zero-order valence-corrected chi connectivity index (χ0v) is 17.5. The summed E-state index contributed by atoms with van der Waals surface area (Å²) in [4.78, 5) is 24.6. The molecular weight excluding hydrogens is 528 g/mol. The summed E-state index contributed by atoms with van der Waals surface area (Å²) < 4.78 is 155.